The van der Waals surface area contributed by atoms with Crippen molar-refractivity contribution < 1.29 is 13.5 Å². The van der Waals surface area contributed by atoms with Gasteiger partial charge in [-0.25, -0.2) is 8.42 Å². The summed E-state index contributed by atoms with van der Waals surface area (Å²) in [5.41, 5.74) is 0. The van der Waals surface area contributed by atoms with Gasteiger partial charge in [0.05, 0.1) is 0 Å². The van der Waals surface area contributed by atoms with Crippen LogP contribution in [0.5, 0.6) is 0 Å². The van der Waals surface area contributed by atoms with E-state index in [1.165, 1.54) is 13.8 Å². The van der Waals surface area contributed by atoms with Crippen LogP contribution in [0.15, 0.2) is 0 Å². The lowest BCUT2D eigenvalue weighted by molar-refractivity contribution is 0.169. The van der Waals surface area contributed by atoms with Crippen molar-refractivity contribution in [3.63, 3.8) is 0 Å². The molecule has 0 unspecified atom stereocenters. The highest BCUT2D eigenvalue weighted by molar-refractivity contribution is 7.73. The van der Waals surface area contributed by atoms with Gasteiger partial charge in [0.15, 0.2) is 15.6 Å². The Kier molecular flexibility index (Phi) is 1.77. The average Bonchev–Trinajstić information content (AvgIpc) is 1.31. The topological polar surface area (TPSA) is 54.4 Å². The molecule has 0 radical (unpaired) electrons. The van der Waals surface area contributed by atoms with Crippen LogP contribution in [0.1, 0.15) is 13.8 Å². The first-order valence-corrected chi connectivity index (χ1v) is 2.99. The molecule has 0 aliphatic rings. The van der Waals surface area contributed by atoms with Crippen LogP contribution < -0.4 is 0 Å². The maximum atomic E-state index is 9.81. The Morgan fingerprint density at radius 2 is 1.57 bits per heavy atom. The number of rotatable bonds is 1. The molecule has 0 amide bonds. The molecule has 0 fully saturated rings. The second kappa shape index (κ2) is 1.79. The zero-order chi connectivity index (χ0) is 6.08. The van der Waals surface area contributed by atoms with E-state index in [-0.39, 0.29) is 0 Å². The van der Waals surface area contributed by atoms with Crippen LogP contribution in [-0.4, -0.2) is 18.5 Å². The molecule has 0 bridgehead atoms. The second-order valence-corrected chi connectivity index (χ2v) is 3.36. The van der Waals surface area contributed by atoms with Crippen molar-refractivity contribution in [3.8, 4) is 0 Å². The molecule has 44 valence electrons. The third-order valence-electron chi connectivity index (χ3n) is 0.447. The van der Waals surface area contributed by atoms with Gasteiger partial charge in [-0.2, -0.15) is 0 Å². The van der Waals surface area contributed by atoms with Crippen molar-refractivity contribution in [2.24, 2.45) is 0 Å². The molecule has 7 heavy (non-hydrogen) atoms. The quantitative estimate of drug-likeness (QED) is 0.456. The monoisotopic (exact) mass is 124 g/mol. The summed E-state index contributed by atoms with van der Waals surface area (Å²) < 4.78 is 19.6. The molecule has 0 aromatic rings. The fourth-order valence-electron chi connectivity index (χ4n) is 0. The molecule has 0 heterocycles. The van der Waals surface area contributed by atoms with Crippen molar-refractivity contribution in [2.45, 2.75) is 18.8 Å². The van der Waals surface area contributed by atoms with Gasteiger partial charge in [-0.15, -0.1) is 0 Å². The van der Waals surface area contributed by atoms with Gasteiger partial charge < -0.3 is 5.11 Å². The number of aliphatic hydroxyl groups is 1. The maximum Gasteiger partial charge on any atom is 0.169 e. The molecule has 1 N–H and O–H groups in total. The summed E-state index contributed by atoms with van der Waals surface area (Å²) in [6, 6.07) is 0. The van der Waals surface area contributed by atoms with Gasteiger partial charge >= 0.3 is 0 Å². The zero-order valence-electron chi connectivity index (χ0n) is 4.21. The lowest BCUT2D eigenvalue weighted by atomic mass is 10.5. The molecule has 0 atom stereocenters. The Bertz CT molecular complexity index is 111. The lowest BCUT2D eigenvalue weighted by Crippen LogP contribution is -2.19. The first-order valence-electron chi connectivity index (χ1n) is 1.81. The highest BCUT2D eigenvalue weighted by Crippen LogP contribution is 1.98. The van der Waals surface area contributed by atoms with Crippen LogP contribution >= 0.6 is 0 Å². The fraction of sp³-hybridized carbons (Fsp3) is 1.00. The second-order valence-electron chi connectivity index (χ2n) is 1.75. The van der Waals surface area contributed by atoms with Gasteiger partial charge in [-0.05, 0) is 13.8 Å². The van der Waals surface area contributed by atoms with Gasteiger partial charge in [-0.3, -0.25) is 0 Å². The van der Waals surface area contributed by atoms with E-state index in [0.717, 1.165) is 0 Å². The Hall–Kier alpha value is -0.0900. The van der Waals surface area contributed by atoms with Gasteiger partial charge in [0, 0.05) is 0 Å². The van der Waals surface area contributed by atoms with Crippen molar-refractivity contribution in [1.29, 1.82) is 0 Å². The first kappa shape index (κ1) is 6.91. The zero-order valence-corrected chi connectivity index (χ0v) is 5.11. The molecular weight excluding hydrogens is 116 g/mol. The lowest BCUT2D eigenvalue weighted by Gasteiger charge is -2.04. The summed E-state index contributed by atoms with van der Waals surface area (Å²) in [6.07, 6.45) is 0. The molecule has 0 aliphatic carbocycles. The van der Waals surface area contributed by atoms with Crippen molar-refractivity contribution in [2.75, 3.05) is 0 Å². The Labute approximate surface area is 43.9 Å². The van der Waals surface area contributed by atoms with E-state index in [1.807, 2.05) is 0 Å². The van der Waals surface area contributed by atoms with E-state index in [4.69, 9.17) is 5.11 Å². The Morgan fingerprint density at radius 3 is 1.57 bits per heavy atom. The van der Waals surface area contributed by atoms with Crippen molar-refractivity contribution in [3.05, 3.63) is 0 Å². The van der Waals surface area contributed by atoms with Crippen LogP contribution in [0.3, 0.4) is 0 Å². The van der Waals surface area contributed by atoms with Crippen LogP contribution in [0.2, 0.25) is 0 Å². The molecule has 0 aromatic carbocycles. The summed E-state index contributed by atoms with van der Waals surface area (Å²) in [4.78, 5) is -1.55. The molecule has 0 spiro atoms. The van der Waals surface area contributed by atoms with E-state index in [2.05, 4.69) is 0 Å². The Morgan fingerprint density at radius 1 is 1.43 bits per heavy atom. The molecule has 0 saturated heterocycles. The smallest absolute Gasteiger partial charge is 0.169 e. The Balaban J connectivity index is 4.08. The predicted octanol–water partition coefficient (Wildman–Crippen LogP) is -0.674. The summed E-state index contributed by atoms with van der Waals surface area (Å²) >= 11 is 0. The third kappa shape index (κ3) is 2.59. The van der Waals surface area contributed by atoms with Crippen molar-refractivity contribution in [1.82, 2.24) is 0 Å². The molecule has 0 aromatic heterocycles. The average molecular weight is 124 g/mol. The van der Waals surface area contributed by atoms with E-state index in [1.54, 1.807) is 0 Å². The van der Waals surface area contributed by atoms with E-state index in [9.17, 15) is 8.42 Å². The molecule has 0 aliphatic heterocycles. The van der Waals surface area contributed by atoms with Gasteiger partial charge in [0.25, 0.3) is 0 Å². The maximum absolute atomic E-state index is 9.81. The molecule has 0 saturated carbocycles. The van der Waals surface area contributed by atoms with Gasteiger partial charge in [0.2, 0.25) is 0 Å². The fourth-order valence-corrected chi connectivity index (χ4v) is 0. The first-order chi connectivity index (χ1) is 2.94. The molecule has 4 heteroatoms. The predicted molar refractivity (Wildman–Crippen MR) is 26.6 cm³/mol. The minimum Gasteiger partial charge on any atom is -0.375 e. The number of hydrogen-bond donors (Lipinski definition) is 2. The standard InChI is InChI=1S/C3H8O3S/c1-3(2,4)7(5)6/h4,7H,1-2H3. The number of thiol groups is 1. The van der Waals surface area contributed by atoms with E-state index in [0.29, 0.717) is 0 Å². The molecule has 0 rings (SSSR count). The third-order valence-corrected chi connectivity index (χ3v) is 1.34. The minimum atomic E-state index is -2.69. The minimum absolute atomic E-state index is 1.22. The molecule has 3 nitrogen and oxygen atoms in total. The highest BCUT2D eigenvalue weighted by Gasteiger charge is 2.14. The normalized spacial score (nSPS) is 12.6. The highest BCUT2D eigenvalue weighted by atomic mass is 32.2. The summed E-state index contributed by atoms with van der Waals surface area (Å²) in [5, 5.41) is 8.50. The number of hydrogen-bond acceptors (Lipinski definition) is 3. The molecular formula is C3H8O3S. The van der Waals surface area contributed by atoms with Crippen LogP contribution in [0, 0.1) is 0 Å². The van der Waals surface area contributed by atoms with Crippen molar-refractivity contribution >= 4 is 10.7 Å². The van der Waals surface area contributed by atoms with Gasteiger partial charge in [-0.1, -0.05) is 0 Å². The summed E-state index contributed by atoms with van der Waals surface area (Å²) in [7, 11) is -2.69. The van der Waals surface area contributed by atoms with E-state index < -0.39 is 15.6 Å². The van der Waals surface area contributed by atoms with Crippen LogP contribution in [-0.2, 0) is 10.7 Å². The van der Waals surface area contributed by atoms with Gasteiger partial charge in [0.1, 0.15) is 0 Å². The largest absolute Gasteiger partial charge is 0.375 e. The summed E-state index contributed by atoms with van der Waals surface area (Å²) in [6.45, 7) is 2.44. The van der Waals surface area contributed by atoms with Crippen LogP contribution in [0.4, 0.5) is 0 Å². The SMILES string of the molecule is CC(C)(O)[SH](=O)=O. The summed E-state index contributed by atoms with van der Waals surface area (Å²) in [5.74, 6) is 0. The van der Waals surface area contributed by atoms with Crippen LogP contribution in [0.25, 0.3) is 0 Å². The van der Waals surface area contributed by atoms with E-state index >= 15 is 0 Å².